The number of rotatable bonds is 5. The van der Waals surface area contributed by atoms with Crippen molar-refractivity contribution in [3.8, 4) is 0 Å². The highest BCUT2D eigenvalue weighted by Crippen LogP contribution is 2.27. The predicted octanol–water partition coefficient (Wildman–Crippen LogP) is 3.79. The minimum Gasteiger partial charge on any atom is -0.303 e. The van der Waals surface area contributed by atoms with Gasteiger partial charge >= 0.3 is 0 Å². The monoisotopic (exact) mass is 211 g/mol. The van der Waals surface area contributed by atoms with E-state index < -0.39 is 0 Å². The average molecular weight is 211 g/mol. The van der Waals surface area contributed by atoms with Crippen LogP contribution in [0, 0.1) is 17.8 Å². The van der Waals surface area contributed by atoms with Crippen molar-refractivity contribution in [2.45, 2.75) is 53.4 Å². The Morgan fingerprint density at radius 3 is 2.07 bits per heavy atom. The van der Waals surface area contributed by atoms with E-state index in [4.69, 9.17) is 0 Å². The molecule has 0 bridgehead atoms. The molecule has 0 radical (unpaired) electrons. The summed E-state index contributed by atoms with van der Waals surface area (Å²) in [5.74, 6) is 2.69. The van der Waals surface area contributed by atoms with Gasteiger partial charge in [0.1, 0.15) is 0 Å². The highest BCUT2D eigenvalue weighted by Gasteiger charge is 2.27. The normalized spacial score (nSPS) is 33.2. The van der Waals surface area contributed by atoms with Gasteiger partial charge in [0.15, 0.2) is 0 Å². The molecule has 1 nitrogen and oxygen atoms in total. The number of likely N-dealkylation sites (tertiary alicyclic amines) is 1. The zero-order valence-electron chi connectivity index (χ0n) is 11.1. The van der Waals surface area contributed by atoms with Crippen molar-refractivity contribution in [3.63, 3.8) is 0 Å². The lowest BCUT2D eigenvalue weighted by Crippen LogP contribution is -2.43. The van der Waals surface area contributed by atoms with Crippen molar-refractivity contribution in [2.75, 3.05) is 19.6 Å². The van der Waals surface area contributed by atoms with Gasteiger partial charge in [-0.3, -0.25) is 0 Å². The van der Waals surface area contributed by atoms with Crippen LogP contribution in [0.25, 0.3) is 0 Å². The van der Waals surface area contributed by atoms with Gasteiger partial charge in [-0.05, 0) is 30.7 Å². The second kappa shape index (κ2) is 6.52. The maximum absolute atomic E-state index is 2.69. The summed E-state index contributed by atoms with van der Waals surface area (Å²) in [6.45, 7) is 13.5. The summed E-state index contributed by atoms with van der Waals surface area (Å²) in [4.78, 5) is 2.69. The van der Waals surface area contributed by atoms with Crippen molar-refractivity contribution in [3.05, 3.63) is 0 Å². The first-order valence-electron chi connectivity index (χ1n) is 6.87. The van der Waals surface area contributed by atoms with Gasteiger partial charge in [0.05, 0.1) is 0 Å². The fourth-order valence-corrected chi connectivity index (χ4v) is 2.73. The zero-order valence-corrected chi connectivity index (χ0v) is 11.1. The molecular weight excluding hydrogens is 182 g/mol. The van der Waals surface area contributed by atoms with E-state index >= 15 is 0 Å². The third kappa shape index (κ3) is 4.14. The van der Waals surface area contributed by atoms with Crippen LogP contribution in [0.5, 0.6) is 0 Å². The molecule has 2 atom stereocenters. The highest BCUT2D eigenvalue weighted by atomic mass is 15.1. The lowest BCUT2D eigenvalue weighted by atomic mass is 9.81. The third-order valence-electron chi connectivity index (χ3n) is 4.22. The minimum absolute atomic E-state index is 0.889. The molecule has 1 saturated heterocycles. The summed E-state index contributed by atoms with van der Waals surface area (Å²) in [7, 11) is 0. The molecule has 1 fully saturated rings. The molecule has 90 valence electrons. The Morgan fingerprint density at radius 1 is 0.933 bits per heavy atom. The Balaban J connectivity index is 2.20. The van der Waals surface area contributed by atoms with Gasteiger partial charge in [0.2, 0.25) is 0 Å². The van der Waals surface area contributed by atoms with E-state index in [0.717, 1.165) is 17.8 Å². The summed E-state index contributed by atoms with van der Waals surface area (Å²) < 4.78 is 0. The van der Waals surface area contributed by atoms with Crippen LogP contribution in [-0.4, -0.2) is 24.5 Å². The lowest BCUT2D eigenvalue weighted by Gasteiger charge is -2.39. The van der Waals surface area contributed by atoms with Crippen LogP contribution >= 0.6 is 0 Å². The Bertz CT molecular complexity index is 155. The topological polar surface area (TPSA) is 3.24 Å². The molecule has 0 aromatic heterocycles. The van der Waals surface area contributed by atoms with Crippen LogP contribution in [0.2, 0.25) is 0 Å². The quantitative estimate of drug-likeness (QED) is 0.625. The SMILES string of the molecule is CCCCCCN1CC(C)C(C)C(C)C1. The van der Waals surface area contributed by atoms with Crippen molar-refractivity contribution < 1.29 is 0 Å². The van der Waals surface area contributed by atoms with E-state index in [0.29, 0.717) is 0 Å². The fraction of sp³-hybridized carbons (Fsp3) is 1.00. The molecule has 1 aliphatic rings. The molecule has 0 N–H and O–H groups in total. The van der Waals surface area contributed by atoms with Crippen LogP contribution in [-0.2, 0) is 0 Å². The maximum Gasteiger partial charge on any atom is 0.000979 e. The molecule has 1 rings (SSSR count). The summed E-state index contributed by atoms with van der Waals surface area (Å²) in [5.41, 5.74) is 0. The Labute approximate surface area is 96.2 Å². The van der Waals surface area contributed by atoms with Gasteiger partial charge in [-0.1, -0.05) is 47.0 Å². The number of unbranched alkanes of at least 4 members (excludes halogenated alkanes) is 3. The van der Waals surface area contributed by atoms with Gasteiger partial charge in [0, 0.05) is 13.1 Å². The fourth-order valence-electron chi connectivity index (χ4n) is 2.73. The highest BCUT2D eigenvalue weighted by molar-refractivity contribution is 4.79. The van der Waals surface area contributed by atoms with Crippen LogP contribution in [0.4, 0.5) is 0 Å². The van der Waals surface area contributed by atoms with Crippen LogP contribution in [0.1, 0.15) is 53.4 Å². The van der Waals surface area contributed by atoms with Crippen LogP contribution < -0.4 is 0 Å². The number of hydrogen-bond donors (Lipinski definition) is 0. The lowest BCUT2D eigenvalue weighted by molar-refractivity contribution is 0.0869. The molecule has 15 heavy (non-hydrogen) atoms. The molecule has 0 spiro atoms. The van der Waals surface area contributed by atoms with Gasteiger partial charge in [-0.25, -0.2) is 0 Å². The van der Waals surface area contributed by atoms with Crippen molar-refractivity contribution in [1.82, 2.24) is 4.90 Å². The Kier molecular flexibility index (Phi) is 5.66. The van der Waals surface area contributed by atoms with Crippen molar-refractivity contribution in [2.24, 2.45) is 17.8 Å². The average Bonchev–Trinajstić information content (AvgIpc) is 2.21. The zero-order chi connectivity index (χ0) is 11.3. The molecular formula is C14H29N. The van der Waals surface area contributed by atoms with E-state index in [1.807, 2.05) is 0 Å². The number of hydrogen-bond acceptors (Lipinski definition) is 1. The molecule has 2 unspecified atom stereocenters. The van der Waals surface area contributed by atoms with Gasteiger partial charge in [-0.15, -0.1) is 0 Å². The summed E-state index contributed by atoms with van der Waals surface area (Å²) in [5, 5.41) is 0. The largest absolute Gasteiger partial charge is 0.303 e. The van der Waals surface area contributed by atoms with E-state index in [2.05, 4.69) is 32.6 Å². The van der Waals surface area contributed by atoms with Crippen LogP contribution in [0.15, 0.2) is 0 Å². The van der Waals surface area contributed by atoms with Crippen LogP contribution in [0.3, 0.4) is 0 Å². The number of piperidine rings is 1. The maximum atomic E-state index is 2.69. The molecule has 0 amide bonds. The Hall–Kier alpha value is -0.0400. The van der Waals surface area contributed by atoms with Gasteiger partial charge < -0.3 is 4.90 Å². The summed E-state index contributed by atoms with van der Waals surface area (Å²) in [6, 6.07) is 0. The van der Waals surface area contributed by atoms with E-state index in [1.54, 1.807) is 0 Å². The molecule has 1 aliphatic heterocycles. The molecule has 1 heteroatoms. The smallest absolute Gasteiger partial charge is 0.000979 e. The predicted molar refractivity (Wildman–Crippen MR) is 68.1 cm³/mol. The first kappa shape index (κ1) is 13.0. The second-order valence-electron chi connectivity index (χ2n) is 5.63. The molecule has 0 aromatic carbocycles. The second-order valence-corrected chi connectivity index (χ2v) is 5.63. The Morgan fingerprint density at radius 2 is 1.53 bits per heavy atom. The van der Waals surface area contributed by atoms with E-state index in [1.165, 1.54) is 45.3 Å². The minimum atomic E-state index is 0.889. The van der Waals surface area contributed by atoms with Crippen molar-refractivity contribution in [1.29, 1.82) is 0 Å². The molecule has 0 saturated carbocycles. The third-order valence-corrected chi connectivity index (χ3v) is 4.22. The van der Waals surface area contributed by atoms with Gasteiger partial charge in [0.25, 0.3) is 0 Å². The standard InChI is InChI=1S/C14H29N/c1-5-6-7-8-9-15-10-12(2)14(4)13(3)11-15/h12-14H,5-11H2,1-4H3. The molecule has 0 aliphatic carbocycles. The van der Waals surface area contributed by atoms with E-state index in [-0.39, 0.29) is 0 Å². The van der Waals surface area contributed by atoms with Gasteiger partial charge in [-0.2, -0.15) is 0 Å². The number of nitrogens with zero attached hydrogens (tertiary/aromatic N) is 1. The first-order chi connectivity index (χ1) is 7.15. The van der Waals surface area contributed by atoms with Crippen molar-refractivity contribution >= 4 is 0 Å². The first-order valence-corrected chi connectivity index (χ1v) is 6.87. The molecule has 1 heterocycles. The summed E-state index contributed by atoms with van der Waals surface area (Å²) >= 11 is 0. The van der Waals surface area contributed by atoms with E-state index in [9.17, 15) is 0 Å². The molecule has 0 aromatic rings. The summed E-state index contributed by atoms with van der Waals surface area (Å²) in [6.07, 6.45) is 5.59.